The third-order valence-electron chi connectivity index (χ3n) is 9.35. The number of nitrogens with zero attached hydrogens (tertiary/aromatic N) is 1. The van der Waals surface area contributed by atoms with Crippen LogP contribution >= 0.6 is 10.0 Å². The maximum Gasteiger partial charge on any atom is 0.105 e. The predicted molar refractivity (Wildman–Crippen MR) is 180 cm³/mol. The van der Waals surface area contributed by atoms with Crippen LogP contribution in [0.25, 0.3) is 22.4 Å². The number of benzene rings is 2. The number of hydrogen-bond donors (Lipinski definition) is 0. The molecule has 2 aromatic carbocycles. The van der Waals surface area contributed by atoms with E-state index in [1.165, 1.54) is 38.3 Å². The molecule has 0 amide bonds. The molecule has 1 heterocycles. The van der Waals surface area contributed by atoms with E-state index in [0.29, 0.717) is 0 Å². The van der Waals surface area contributed by atoms with E-state index in [9.17, 15) is 0 Å². The summed E-state index contributed by atoms with van der Waals surface area (Å²) >= 11 is 0. The van der Waals surface area contributed by atoms with Gasteiger partial charge in [-0.3, -0.25) is 4.98 Å². The fraction of sp³-hybridized carbons (Fsp3) is 0.452. The number of pyridine rings is 1. The third-order valence-corrected chi connectivity index (χ3v) is 11.0. The Kier molecular flexibility index (Phi) is 7.83. The van der Waals surface area contributed by atoms with Crippen molar-refractivity contribution in [3.05, 3.63) is 71.4 Å². The summed E-state index contributed by atoms with van der Waals surface area (Å²) in [5.41, 5.74) is 9.19. The second kappa shape index (κ2) is 9.74. The van der Waals surface area contributed by atoms with Gasteiger partial charge in [0.05, 0.1) is 5.69 Å². The Balaban J connectivity index is 2.37. The topological polar surface area (TPSA) is 12.9 Å². The van der Waals surface area contributed by atoms with Crippen molar-refractivity contribution in [1.29, 1.82) is 0 Å². The van der Waals surface area contributed by atoms with Crippen LogP contribution in [0.5, 0.6) is 0 Å². The molecule has 0 fully saturated rings. The maximum atomic E-state index is 5.18. The van der Waals surface area contributed by atoms with Crippen molar-refractivity contribution in [2.45, 2.75) is 63.8 Å². The summed E-state index contributed by atoms with van der Waals surface area (Å²) in [5, 5.41) is -0.0612. The number of rotatable bonds is 5. The van der Waals surface area contributed by atoms with Crippen LogP contribution in [0.4, 0.5) is 0 Å². The van der Waals surface area contributed by atoms with Crippen LogP contribution in [0, 0.1) is 17.8 Å². The zero-order valence-electron chi connectivity index (χ0n) is 26.1. The summed E-state index contributed by atoms with van der Waals surface area (Å²) < 4.78 is 0. The second-order valence-corrected chi connectivity index (χ2v) is 18.8. The normalized spacial score (nSPS) is 14.0. The molecule has 0 aliphatic heterocycles. The monoisotopic (exact) mass is 509 g/mol. The van der Waals surface area contributed by atoms with Gasteiger partial charge in [0.1, 0.15) is 31.4 Å². The van der Waals surface area contributed by atoms with Gasteiger partial charge in [-0.25, -0.2) is 10.0 Å². The van der Waals surface area contributed by atoms with Gasteiger partial charge in [-0.05, 0) is 81.9 Å². The lowest BCUT2D eigenvalue weighted by Gasteiger charge is -2.47. The first kappa shape index (κ1) is 29.8. The van der Waals surface area contributed by atoms with Crippen LogP contribution in [-0.4, -0.2) is 55.1 Å². The number of aryl methyl sites for hydroxylation is 1. The van der Waals surface area contributed by atoms with Crippen molar-refractivity contribution in [2.24, 2.45) is 10.8 Å². The highest BCUT2D eigenvalue weighted by Gasteiger charge is 2.42. The summed E-state index contributed by atoms with van der Waals surface area (Å²) in [6.07, 6.45) is 9.35. The second-order valence-electron chi connectivity index (χ2n) is 14.7. The zero-order chi connectivity index (χ0) is 28.2. The summed E-state index contributed by atoms with van der Waals surface area (Å²) in [6.45, 7) is 16.4. The van der Waals surface area contributed by atoms with Crippen molar-refractivity contribution >= 4 is 41.4 Å². The van der Waals surface area contributed by atoms with E-state index in [2.05, 4.69) is 153 Å². The van der Waals surface area contributed by atoms with Gasteiger partial charge in [0.2, 0.25) is 0 Å². The van der Waals surface area contributed by atoms with Crippen molar-refractivity contribution in [2.75, 3.05) is 18.8 Å². The summed E-state index contributed by atoms with van der Waals surface area (Å²) in [5.74, 6) is 0. The van der Waals surface area contributed by atoms with E-state index in [-0.39, 0.29) is 21.3 Å². The van der Waals surface area contributed by atoms with E-state index in [4.69, 9.17) is 4.98 Å². The van der Waals surface area contributed by atoms with Gasteiger partial charge in [-0.1, -0.05) is 87.9 Å². The molecule has 0 saturated heterocycles. The van der Waals surface area contributed by atoms with E-state index < -0.39 is 10.0 Å². The molecule has 37 heavy (non-hydrogen) atoms. The molecule has 6 heteroatoms. The number of aromatic nitrogens is 1. The van der Waals surface area contributed by atoms with Crippen molar-refractivity contribution < 1.29 is 0 Å². The lowest BCUT2D eigenvalue weighted by atomic mass is 9.35. The molecule has 194 valence electrons. The van der Waals surface area contributed by atoms with Gasteiger partial charge in [0, 0.05) is 11.8 Å². The fourth-order valence-corrected chi connectivity index (χ4v) is 6.10. The highest BCUT2D eigenvalue weighted by molar-refractivity contribution is 8.32. The first-order chi connectivity index (χ1) is 16.7. The largest absolute Gasteiger partial charge is 0.256 e. The summed E-state index contributed by atoms with van der Waals surface area (Å²) in [7, 11) is 8.66. The highest BCUT2D eigenvalue weighted by Crippen LogP contribution is 2.52. The Morgan fingerprint density at radius 2 is 1.19 bits per heavy atom. The molecule has 1 nitrogen and oxygen atoms in total. The minimum Gasteiger partial charge on any atom is -0.256 e. The molecule has 0 saturated carbocycles. The molecular weight excluding hydrogens is 462 g/mol. The lowest BCUT2D eigenvalue weighted by molar-refractivity contribution is 0.335. The van der Waals surface area contributed by atoms with Crippen LogP contribution in [0.15, 0.2) is 59.6 Å². The Morgan fingerprint density at radius 3 is 1.68 bits per heavy atom. The summed E-state index contributed by atoms with van der Waals surface area (Å²) in [6, 6.07) is 18.1. The third kappa shape index (κ3) is 5.65. The quantitative estimate of drug-likeness (QED) is 0.455. The Morgan fingerprint density at radius 1 is 0.676 bits per heavy atom. The van der Waals surface area contributed by atoms with Crippen LogP contribution < -0.4 is 0 Å². The van der Waals surface area contributed by atoms with Crippen molar-refractivity contribution in [1.82, 2.24) is 4.98 Å². The van der Waals surface area contributed by atoms with Crippen LogP contribution in [-0.2, 0) is 10.4 Å². The zero-order valence-corrected chi connectivity index (χ0v) is 26.9. The molecule has 0 atom stereocenters. The van der Waals surface area contributed by atoms with Gasteiger partial charge in [-0.15, -0.1) is 0 Å². The Bertz CT molecular complexity index is 1280. The minimum absolute atomic E-state index is 0.0277. The van der Waals surface area contributed by atoms with Crippen LogP contribution in [0.1, 0.15) is 58.2 Å². The molecule has 3 aromatic rings. The molecule has 1 aromatic heterocycles. The van der Waals surface area contributed by atoms with Crippen LogP contribution in [0.3, 0.4) is 0 Å². The van der Waals surface area contributed by atoms with E-state index >= 15 is 0 Å². The maximum absolute atomic E-state index is 5.18. The van der Waals surface area contributed by atoms with Gasteiger partial charge in [0.25, 0.3) is 0 Å². The molecule has 0 radical (unpaired) electrons. The Hall–Kier alpha value is -1.80. The van der Waals surface area contributed by atoms with E-state index in [0.717, 1.165) is 5.69 Å². The van der Waals surface area contributed by atoms with Gasteiger partial charge >= 0.3 is 0 Å². The average Bonchev–Trinajstić information content (AvgIpc) is 2.77. The summed E-state index contributed by atoms with van der Waals surface area (Å²) in [4.78, 5) is 6.64. The first-order valence-corrected chi connectivity index (χ1v) is 16.4. The van der Waals surface area contributed by atoms with Gasteiger partial charge < -0.3 is 0 Å². The molecule has 0 N–H and O–H groups in total. The average molecular weight is 509 g/mol. The van der Waals surface area contributed by atoms with E-state index in [1.807, 2.05) is 0 Å². The lowest BCUT2D eigenvalue weighted by Crippen LogP contribution is -2.47. The van der Waals surface area contributed by atoms with Crippen LogP contribution in [0.2, 0.25) is 0 Å². The van der Waals surface area contributed by atoms with Gasteiger partial charge in [-0.2, -0.15) is 0 Å². The smallest absolute Gasteiger partial charge is 0.105 e. The molecule has 0 aliphatic carbocycles. The minimum atomic E-state index is -0.917. The first-order valence-electron chi connectivity index (χ1n) is 13.6. The van der Waals surface area contributed by atoms with Crippen molar-refractivity contribution in [3.63, 3.8) is 0 Å². The molecular formula is C31H47B4NS. The predicted octanol–water partition coefficient (Wildman–Crippen LogP) is 4.71. The Labute approximate surface area is 233 Å². The number of hydrogen-bond acceptors (Lipinski definition) is 1. The molecule has 0 spiro atoms. The molecule has 0 aliphatic rings. The fourth-order valence-electron chi connectivity index (χ4n) is 4.73. The van der Waals surface area contributed by atoms with E-state index in [1.54, 1.807) is 0 Å². The SMILES string of the molecule is BC(B)(c1cnc(-c2cc(-c3ccccc3)c(S(C)(C)C)cc2C)cc1C(B)(B)C(C)(C)C)C(C)(C)C. The molecule has 0 unspecified atom stereocenters. The highest BCUT2D eigenvalue weighted by atomic mass is 32.3. The standard InChI is InChI=1S/C31H47B4NS/c1-20-16-27(37(8,9)10)23(21-14-12-11-13-15-21)17-22(20)26-18-24(30(32,33)28(2,3)4)25(19-36-26)31(34,35)29(5,6)7/h11-19H,32-35H2,1-10H3. The molecule has 0 bridgehead atoms. The van der Waals surface area contributed by atoms with Crippen molar-refractivity contribution in [3.8, 4) is 22.4 Å². The molecule has 3 rings (SSSR count). The van der Waals surface area contributed by atoms with Gasteiger partial charge in [0.15, 0.2) is 0 Å².